The van der Waals surface area contributed by atoms with E-state index in [1.165, 1.54) is 32.1 Å². The molecule has 0 saturated heterocycles. The van der Waals surface area contributed by atoms with Gasteiger partial charge in [-0.2, -0.15) is 0 Å². The predicted molar refractivity (Wildman–Crippen MR) is 56.8 cm³/mol. The van der Waals surface area contributed by atoms with Gasteiger partial charge in [-0.25, -0.2) is 0 Å². The zero-order valence-corrected chi connectivity index (χ0v) is 10.3. The molecule has 0 aromatic heterocycles. The van der Waals surface area contributed by atoms with Crippen LogP contribution in [0.2, 0.25) is 16.6 Å². The predicted octanol–water partition coefficient (Wildman–Crippen LogP) is 2.65. The van der Waals surface area contributed by atoms with E-state index in [0.29, 0.717) is 6.04 Å². The van der Waals surface area contributed by atoms with E-state index in [4.69, 9.17) is 5.73 Å². The fourth-order valence-electron chi connectivity index (χ4n) is 1.92. The van der Waals surface area contributed by atoms with Crippen LogP contribution in [0.1, 0.15) is 32.1 Å². The molecule has 0 heterocycles. The van der Waals surface area contributed by atoms with Crippen molar-refractivity contribution in [3.05, 3.63) is 0 Å². The van der Waals surface area contributed by atoms with Crippen LogP contribution >= 0.6 is 0 Å². The van der Waals surface area contributed by atoms with Crippen molar-refractivity contribution in [3.63, 3.8) is 0 Å². The molecule has 0 amide bonds. The van der Waals surface area contributed by atoms with Gasteiger partial charge in [0, 0.05) is 0 Å². The second-order valence-corrected chi connectivity index (χ2v) is 9.84. The fourth-order valence-corrected chi connectivity index (χ4v) is 3.77. The molecule has 0 bridgehead atoms. The van der Waals surface area contributed by atoms with Gasteiger partial charge >= 0.3 is 81.1 Å². The molecule has 0 atom stereocenters. The van der Waals surface area contributed by atoms with Crippen LogP contribution < -0.4 is 5.73 Å². The van der Waals surface area contributed by atoms with Gasteiger partial charge in [0.2, 0.25) is 0 Å². The summed E-state index contributed by atoms with van der Waals surface area (Å²) in [4.78, 5) is 0. The van der Waals surface area contributed by atoms with Crippen LogP contribution in [0, 0.1) is 5.92 Å². The van der Waals surface area contributed by atoms with E-state index in [9.17, 15) is 0 Å². The standard InChI is InChI=1S/C10H22AsN/c1-11(2)8-7-9-3-5-10(12)6-4-9/h9-10H,3-8,12H2,1-2H3/t9-,10+. The van der Waals surface area contributed by atoms with Gasteiger partial charge < -0.3 is 0 Å². The Kier molecular flexibility index (Phi) is 4.67. The molecular weight excluding hydrogens is 209 g/mol. The second-order valence-electron chi connectivity index (χ2n) is 4.37. The van der Waals surface area contributed by atoms with Crippen molar-refractivity contribution in [3.8, 4) is 0 Å². The topological polar surface area (TPSA) is 26.0 Å². The average molecular weight is 231 g/mol. The minimum absolute atomic E-state index is 0.347. The van der Waals surface area contributed by atoms with E-state index in [0.717, 1.165) is 5.92 Å². The molecule has 1 aliphatic carbocycles. The van der Waals surface area contributed by atoms with Crippen molar-refractivity contribution in [2.45, 2.75) is 54.8 Å². The number of hydrogen-bond acceptors (Lipinski definition) is 1. The molecule has 1 nitrogen and oxygen atoms in total. The maximum absolute atomic E-state index is 5.86. The van der Waals surface area contributed by atoms with Crippen LogP contribution in [-0.4, -0.2) is 20.7 Å². The summed E-state index contributed by atoms with van der Waals surface area (Å²) >= 11 is -0.347. The monoisotopic (exact) mass is 231 g/mol. The summed E-state index contributed by atoms with van der Waals surface area (Å²) in [5.41, 5.74) is 10.8. The molecule has 0 aromatic rings. The first-order valence-electron chi connectivity index (χ1n) is 5.09. The van der Waals surface area contributed by atoms with Crippen molar-refractivity contribution in [2.75, 3.05) is 0 Å². The summed E-state index contributed by atoms with van der Waals surface area (Å²) in [7, 11) is 0. The molecule has 0 aliphatic heterocycles. The summed E-state index contributed by atoms with van der Waals surface area (Å²) in [5, 5.41) is 1.55. The maximum atomic E-state index is 5.86. The Hall–Kier alpha value is 0.518. The molecule has 2 heteroatoms. The van der Waals surface area contributed by atoms with Gasteiger partial charge in [0.15, 0.2) is 0 Å². The Balaban J connectivity index is 2.09. The number of nitrogens with two attached hydrogens (primary N) is 1. The Bertz CT molecular complexity index is 117. The first kappa shape index (κ1) is 10.6. The van der Waals surface area contributed by atoms with Gasteiger partial charge in [-0.15, -0.1) is 0 Å². The third kappa shape index (κ3) is 3.96. The van der Waals surface area contributed by atoms with Crippen molar-refractivity contribution in [2.24, 2.45) is 11.7 Å². The molecule has 72 valence electrons. The van der Waals surface area contributed by atoms with E-state index >= 15 is 0 Å². The third-order valence-corrected chi connectivity index (χ3v) is 5.29. The van der Waals surface area contributed by atoms with E-state index in [2.05, 4.69) is 11.4 Å². The van der Waals surface area contributed by atoms with Gasteiger partial charge in [-0.3, -0.25) is 0 Å². The Labute approximate surface area is 81.4 Å². The molecular formula is C10H22AsN. The van der Waals surface area contributed by atoms with Gasteiger partial charge in [-0.05, 0) is 0 Å². The SMILES string of the molecule is C[As](C)CC[C@H]1CC[C@@H](N)CC1. The van der Waals surface area contributed by atoms with Crippen LogP contribution in [0.5, 0.6) is 0 Å². The normalized spacial score (nSPS) is 31.0. The quantitative estimate of drug-likeness (QED) is 0.742. The van der Waals surface area contributed by atoms with Crippen LogP contribution in [0.25, 0.3) is 0 Å². The Morgan fingerprint density at radius 1 is 1.17 bits per heavy atom. The molecule has 12 heavy (non-hydrogen) atoms. The zero-order valence-electron chi connectivity index (χ0n) is 8.42. The van der Waals surface area contributed by atoms with Gasteiger partial charge in [0.1, 0.15) is 0 Å². The molecule has 0 aromatic carbocycles. The fraction of sp³-hybridized carbons (Fsp3) is 1.00. The van der Waals surface area contributed by atoms with Crippen LogP contribution in [0.4, 0.5) is 0 Å². The summed E-state index contributed by atoms with van der Waals surface area (Å²) in [6, 6.07) is 0.526. The van der Waals surface area contributed by atoms with E-state index in [1.54, 1.807) is 5.21 Å². The Morgan fingerprint density at radius 3 is 2.25 bits per heavy atom. The van der Waals surface area contributed by atoms with E-state index in [-0.39, 0.29) is 14.7 Å². The van der Waals surface area contributed by atoms with Gasteiger partial charge in [0.05, 0.1) is 0 Å². The first-order valence-corrected chi connectivity index (χ1v) is 10.2. The summed E-state index contributed by atoms with van der Waals surface area (Å²) in [6.07, 6.45) is 6.88. The molecule has 2 N–H and O–H groups in total. The molecule has 1 rings (SSSR count). The molecule has 1 fully saturated rings. The summed E-state index contributed by atoms with van der Waals surface area (Å²) in [5.74, 6) is 1.03. The third-order valence-electron chi connectivity index (χ3n) is 2.88. The summed E-state index contributed by atoms with van der Waals surface area (Å²) < 4.78 is 0. The molecule has 0 spiro atoms. The van der Waals surface area contributed by atoms with Gasteiger partial charge in [0.25, 0.3) is 0 Å². The van der Waals surface area contributed by atoms with E-state index < -0.39 is 0 Å². The second kappa shape index (κ2) is 5.29. The Morgan fingerprint density at radius 2 is 1.75 bits per heavy atom. The molecule has 0 unspecified atom stereocenters. The van der Waals surface area contributed by atoms with Crippen molar-refractivity contribution in [1.82, 2.24) is 0 Å². The zero-order chi connectivity index (χ0) is 8.97. The summed E-state index contributed by atoms with van der Waals surface area (Å²) in [6.45, 7) is 0. The molecule has 1 saturated carbocycles. The van der Waals surface area contributed by atoms with Crippen LogP contribution in [0.3, 0.4) is 0 Å². The average Bonchev–Trinajstić information content (AvgIpc) is 2.03. The van der Waals surface area contributed by atoms with Crippen LogP contribution in [0.15, 0.2) is 0 Å². The first-order chi connectivity index (χ1) is 5.68. The number of hydrogen-bond donors (Lipinski definition) is 1. The van der Waals surface area contributed by atoms with Crippen molar-refractivity contribution in [1.29, 1.82) is 0 Å². The van der Waals surface area contributed by atoms with E-state index in [1.807, 2.05) is 0 Å². The molecule has 0 radical (unpaired) electrons. The van der Waals surface area contributed by atoms with Gasteiger partial charge in [-0.1, -0.05) is 0 Å². The number of rotatable bonds is 3. The van der Waals surface area contributed by atoms with Crippen molar-refractivity contribution >= 4 is 14.7 Å². The van der Waals surface area contributed by atoms with Crippen molar-refractivity contribution < 1.29 is 0 Å². The van der Waals surface area contributed by atoms with Crippen LogP contribution in [-0.2, 0) is 0 Å². The minimum atomic E-state index is -0.347. The molecule has 1 aliphatic rings.